The Balaban J connectivity index is 1.83. The van der Waals surface area contributed by atoms with Crippen molar-refractivity contribution in [2.24, 2.45) is 0 Å². The molecule has 7 heteroatoms. The fraction of sp³-hybridized carbons (Fsp3) is 0.278. The van der Waals surface area contributed by atoms with Gasteiger partial charge in [0.25, 0.3) is 5.91 Å². The standard InChI is InChI=1S/C18H20N4O3/c1-10(16-11(2)22-25-12(16)3)20-18(23)15-9-19-21-17(15)13-5-7-14(24-4)8-6-13/h5-10H,1-4H3,(H,19,21)(H,20,23)/t10-/m0/s1. The number of hydrogen-bond acceptors (Lipinski definition) is 5. The van der Waals surface area contributed by atoms with Gasteiger partial charge in [0.1, 0.15) is 11.5 Å². The molecule has 0 fully saturated rings. The number of H-pyrrole nitrogens is 1. The molecular weight excluding hydrogens is 320 g/mol. The number of carbonyl (C=O) groups is 1. The van der Waals surface area contributed by atoms with E-state index in [-0.39, 0.29) is 11.9 Å². The second-order valence-corrected chi connectivity index (χ2v) is 5.82. The van der Waals surface area contributed by atoms with E-state index in [1.54, 1.807) is 7.11 Å². The predicted octanol–water partition coefficient (Wildman–Crippen LogP) is 3.18. The van der Waals surface area contributed by atoms with Crippen molar-refractivity contribution in [3.05, 3.63) is 53.0 Å². The molecule has 2 N–H and O–H groups in total. The lowest BCUT2D eigenvalue weighted by Gasteiger charge is -2.14. The normalized spacial score (nSPS) is 12.0. The zero-order chi connectivity index (χ0) is 18.0. The molecule has 7 nitrogen and oxygen atoms in total. The molecule has 2 heterocycles. The number of methoxy groups -OCH3 is 1. The Morgan fingerprint density at radius 3 is 2.60 bits per heavy atom. The Hall–Kier alpha value is -3.09. The van der Waals surface area contributed by atoms with E-state index in [2.05, 4.69) is 20.7 Å². The average Bonchev–Trinajstić information content (AvgIpc) is 3.22. The molecule has 1 amide bonds. The van der Waals surface area contributed by atoms with Crippen molar-refractivity contribution in [2.45, 2.75) is 26.8 Å². The van der Waals surface area contributed by atoms with Gasteiger partial charge in [-0.2, -0.15) is 5.10 Å². The van der Waals surface area contributed by atoms with Crippen molar-refractivity contribution in [2.75, 3.05) is 7.11 Å². The maximum absolute atomic E-state index is 12.7. The van der Waals surface area contributed by atoms with Crippen molar-refractivity contribution < 1.29 is 14.1 Å². The number of carbonyl (C=O) groups excluding carboxylic acids is 1. The number of amides is 1. The van der Waals surface area contributed by atoms with Crippen LogP contribution in [0.5, 0.6) is 5.75 Å². The minimum atomic E-state index is -0.225. The first kappa shape index (κ1) is 16.8. The first-order valence-electron chi connectivity index (χ1n) is 7.92. The third kappa shape index (κ3) is 3.26. The fourth-order valence-electron chi connectivity index (χ4n) is 2.89. The summed E-state index contributed by atoms with van der Waals surface area (Å²) in [6.07, 6.45) is 1.52. The summed E-state index contributed by atoms with van der Waals surface area (Å²) in [5.41, 5.74) is 3.65. The Labute approximate surface area is 145 Å². The largest absolute Gasteiger partial charge is 0.497 e. The lowest BCUT2D eigenvalue weighted by Crippen LogP contribution is -2.27. The van der Waals surface area contributed by atoms with E-state index < -0.39 is 0 Å². The number of aryl methyl sites for hydroxylation is 2. The van der Waals surface area contributed by atoms with Gasteiger partial charge in [0.2, 0.25) is 0 Å². The maximum atomic E-state index is 12.7. The molecule has 1 atom stereocenters. The van der Waals surface area contributed by atoms with E-state index in [9.17, 15) is 4.79 Å². The van der Waals surface area contributed by atoms with Gasteiger partial charge in [0, 0.05) is 11.1 Å². The number of aromatic amines is 1. The molecular formula is C18H20N4O3. The molecule has 0 aliphatic rings. The molecule has 0 spiro atoms. The molecule has 3 aromatic rings. The van der Waals surface area contributed by atoms with Crippen LogP contribution in [-0.4, -0.2) is 28.4 Å². The number of nitrogens with one attached hydrogen (secondary N) is 2. The zero-order valence-corrected chi connectivity index (χ0v) is 14.6. The van der Waals surface area contributed by atoms with E-state index in [1.165, 1.54) is 6.20 Å². The third-order valence-electron chi connectivity index (χ3n) is 4.13. The van der Waals surface area contributed by atoms with Crippen LogP contribution in [0, 0.1) is 13.8 Å². The second kappa shape index (κ2) is 6.80. The van der Waals surface area contributed by atoms with Crippen LogP contribution >= 0.6 is 0 Å². The van der Waals surface area contributed by atoms with Crippen molar-refractivity contribution in [3.8, 4) is 17.0 Å². The monoisotopic (exact) mass is 340 g/mol. The first-order valence-corrected chi connectivity index (χ1v) is 7.92. The molecule has 0 aliphatic carbocycles. The lowest BCUT2D eigenvalue weighted by molar-refractivity contribution is 0.0940. The van der Waals surface area contributed by atoms with Crippen LogP contribution in [0.1, 0.15) is 40.3 Å². The summed E-state index contributed by atoms with van der Waals surface area (Å²) in [6.45, 7) is 5.59. The number of nitrogens with zero attached hydrogens (tertiary/aromatic N) is 2. The topological polar surface area (TPSA) is 93.0 Å². The van der Waals surface area contributed by atoms with Crippen LogP contribution in [0.15, 0.2) is 35.0 Å². The van der Waals surface area contributed by atoms with E-state index in [4.69, 9.17) is 9.26 Å². The molecule has 0 radical (unpaired) electrons. The highest BCUT2D eigenvalue weighted by Crippen LogP contribution is 2.25. The van der Waals surface area contributed by atoms with E-state index in [0.29, 0.717) is 17.0 Å². The smallest absolute Gasteiger partial charge is 0.255 e. The summed E-state index contributed by atoms with van der Waals surface area (Å²) >= 11 is 0. The molecule has 0 aliphatic heterocycles. The van der Waals surface area contributed by atoms with E-state index in [1.807, 2.05) is 45.0 Å². The summed E-state index contributed by atoms with van der Waals surface area (Å²) in [4.78, 5) is 12.7. The van der Waals surface area contributed by atoms with Gasteiger partial charge in [-0.25, -0.2) is 0 Å². The van der Waals surface area contributed by atoms with E-state index >= 15 is 0 Å². The zero-order valence-electron chi connectivity index (χ0n) is 14.6. The van der Waals surface area contributed by atoms with Crippen molar-refractivity contribution >= 4 is 5.91 Å². The van der Waals surface area contributed by atoms with Crippen LogP contribution in [0.2, 0.25) is 0 Å². The SMILES string of the molecule is COc1ccc(-c2[nH]ncc2C(=O)N[C@@H](C)c2c(C)noc2C)cc1. The van der Waals surface area contributed by atoms with Gasteiger partial charge in [-0.15, -0.1) is 0 Å². The van der Waals surface area contributed by atoms with Gasteiger partial charge < -0.3 is 14.6 Å². The van der Waals surface area contributed by atoms with Gasteiger partial charge >= 0.3 is 0 Å². The number of aromatic nitrogens is 3. The summed E-state index contributed by atoms with van der Waals surface area (Å²) < 4.78 is 10.3. The van der Waals surface area contributed by atoms with Gasteiger partial charge in [-0.1, -0.05) is 5.16 Å². The van der Waals surface area contributed by atoms with Gasteiger partial charge in [-0.05, 0) is 45.0 Å². The molecule has 3 rings (SSSR count). The number of ether oxygens (including phenoxy) is 1. The number of rotatable bonds is 5. The van der Waals surface area contributed by atoms with Crippen LogP contribution in [0.25, 0.3) is 11.3 Å². The molecule has 0 bridgehead atoms. The highest BCUT2D eigenvalue weighted by molar-refractivity contribution is 5.99. The van der Waals surface area contributed by atoms with Gasteiger partial charge in [-0.3, -0.25) is 9.89 Å². The van der Waals surface area contributed by atoms with Crippen molar-refractivity contribution in [3.63, 3.8) is 0 Å². The maximum Gasteiger partial charge on any atom is 0.255 e. The van der Waals surface area contributed by atoms with Crippen LogP contribution in [0.3, 0.4) is 0 Å². The van der Waals surface area contributed by atoms with Gasteiger partial charge in [0.15, 0.2) is 0 Å². The average molecular weight is 340 g/mol. The molecule has 0 saturated heterocycles. The molecule has 2 aromatic heterocycles. The predicted molar refractivity (Wildman–Crippen MR) is 92.4 cm³/mol. The van der Waals surface area contributed by atoms with Crippen LogP contribution in [0.4, 0.5) is 0 Å². The summed E-state index contributed by atoms with van der Waals surface area (Å²) in [6, 6.07) is 7.20. The van der Waals surface area contributed by atoms with Crippen molar-refractivity contribution in [1.82, 2.24) is 20.7 Å². The van der Waals surface area contributed by atoms with Crippen LogP contribution in [-0.2, 0) is 0 Å². The molecule has 0 unspecified atom stereocenters. The lowest BCUT2D eigenvalue weighted by atomic mass is 10.0. The Bertz CT molecular complexity index is 861. The molecule has 1 aromatic carbocycles. The summed E-state index contributed by atoms with van der Waals surface area (Å²) in [7, 11) is 1.61. The van der Waals surface area contributed by atoms with Crippen LogP contribution < -0.4 is 10.1 Å². The Morgan fingerprint density at radius 2 is 2.00 bits per heavy atom. The summed E-state index contributed by atoms with van der Waals surface area (Å²) in [5, 5.41) is 13.8. The third-order valence-corrected chi connectivity index (χ3v) is 4.13. The molecule has 25 heavy (non-hydrogen) atoms. The Morgan fingerprint density at radius 1 is 1.28 bits per heavy atom. The quantitative estimate of drug-likeness (QED) is 0.744. The molecule has 130 valence electrons. The minimum absolute atomic E-state index is 0.216. The number of hydrogen-bond donors (Lipinski definition) is 2. The van der Waals surface area contributed by atoms with E-state index in [0.717, 1.165) is 22.6 Å². The first-order chi connectivity index (χ1) is 12.0. The van der Waals surface area contributed by atoms with Gasteiger partial charge in [0.05, 0.1) is 36.3 Å². The summed E-state index contributed by atoms with van der Waals surface area (Å²) in [5.74, 6) is 1.24. The number of benzene rings is 1. The second-order valence-electron chi connectivity index (χ2n) is 5.82. The Kier molecular flexibility index (Phi) is 4.56. The highest BCUT2D eigenvalue weighted by Gasteiger charge is 2.21. The fourth-order valence-corrected chi connectivity index (χ4v) is 2.89. The highest BCUT2D eigenvalue weighted by atomic mass is 16.5. The minimum Gasteiger partial charge on any atom is -0.497 e. The molecule has 0 saturated carbocycles. The van der Waals surface area contributed by atoms with Crippen molar-refractivity contribution in [1.29, 1.82) is 0 Å².